The van der Waals surface area contributed by atoms with E-state index in [0.717, 1.165) is 11.3 Å². The van der Waals surface area contributed by atoms with Crippen molar-refractivity contribution in [1.82, 2.24) is 25.2 Å². The number of anilines is 1. The van der Waals surface area contributed by atoms with Gasteiger partial charge in [-0.3, -0.25) is 9.78 Å². The molecule has 116 valence electrons. The summed E-state index contributed by atoms with van der Waals surface area (Å²) in [5, 5.41) is 12.2. The number of carbonyl (C=O) groups is 1. The zero-order valence-corrected chi connectivity index (χ0v) is 12.7. The fraction of sp³-hybridized carbons (Fsp3) is 0.188. The molecular weight excluding hydrogens is 292 g/mol. The molecule has 1 amide bonds. The van der Waals surface area contributed by atoms with Gasteiger partial charge in [-0.25, -0.2) is 0 Å². The Morgan fingerprint density at radius 2 is 1.87 bits per heavy atom. The van der Waals surface area contributed by atoms with Crippen LogP contribution in [0.15, 0.2) is 54.9 Å². The summed E-state index contributed by atoms with van der Waals surface area (Å²) in [5.74, 6) is 0.389. The SMILES string of the molecule is CCN(C(=O)Cn1nnc(-c2ccncc2)n1)c1ccccc1. The second-order valence-electron chi connectivity index (χ2n) is 4.85. The first-order valence-electron chi connectivity index (χ1n) is 7.31. The van der Waals surface area contributed by atoms with Gasteiger partial charge < -0.3 is 4.90 Å². The molecule has 0 aliphatic heterocycles. The number of pyridine rings is 1. The van der Waals surface area contributed by atoms with E-state index in [1.807, 2.05) is 37.3 Å². The Balaban J connectivity index is 1.74. The number of amides is 1. The van der Waals surface area contributed by atoms with Gasteiger partial charge in [-0.15, -0.1) is 10.2 Å². The number of aromatic nitrogens is 5. The normalized spacial score (nSPS) is 10.5. The topological polar surface area (TPSA) is 76.8 Å². The molecule has 2 heterocycles. The Hall–Kier alpha value is -3.09. The molecule has 3 rings (SSSR count). The van der Waals surface area contributed by atoms with E-state index in [1.165, 1.54) is 4.80 Å². The summed E-state index contributed by atoms with van der Waals surface area (Å²) in [6, 6.07) is 13.1. The summed E-state index contributed by atoms with van der Waals surface area (Å²) in [5.41, 5.74) is 1.67. The van der Waals surface area contributed by atoms with Crippen molar-refractivity contribution in [2.45, 2.75) is 13.5 Å². The van der Waals surface area contributed by atoms with E-state index >= 15 is 0 Å². The highest BCUT2D eigenvalue weighted by atomic mass is 16.2. The maximum absolute atomic E-state index is 12.5. The number of tetrazole rings is 1. The summed E-state index contributed by atoms with van der Waals surface area (Å²) in [6.45, 7) is 2.55. The first-order valence-corrected chi connectivity index (χ1v) is 7.31. The van der Waals surface area contributed by atoms with Crippen LogP contribution in [0.3, 0.4) is 0 Å². The van der Waals surface area contributed by atoms with Gasteiger partial charge in [0.25, 0.3) is 5.91 Å². The molecule has 23 heavy (non-hydrogen) atoms. The molecule has 1 aromatic carbocycles. The molecule has 0 radical (unpaired) electrons. The third-order valence-corrected chi connectivity index (χ3v) is 3.35. The first kappa shape index (κ1) is 14.8. The van der Waals surface area contributed by atoms with Gasteiger partial charge in [0.15, 0.2) is 0 Å². The molecule has 3 aromatic rings. The van der Waals surface area contributed by atoms with Gasteiger partial charge in [-0.2, -0.15) is 4.80 Å². The van der Waals surface area contributed by atoms with E-state index in [0.29, 0.717) is 12.4 Å². The molecule has 0 unspecified atom stereocenters. The second kappa shape index (κ2) is 6.78. The monoisotopic (exact) mass is 308 g/mol. The Morgan fingerprint density at radius 3 is 2.57 bits per heavy atom. The molecule has 0 aliphatic carbocycles. The Labute approximate surface area is 133 Å². The lowest BCUT2D eigenvalue weighted by molar-refractivity contribution is -0.119. The zero-order valence-electron chi connectivity index (χ0n) is 12.7. The Morgan fingerprint density at radius 1 is 1.13 bits per heavy atom. The smallest absolute Gasteiger partial charge is 0.250 e. The van der Waals surface area contributed by atoms with Crippen LogP contribution in [0, 0.1) is 0 Å². The zero-order chi connectivity index (χ0) is 16.1. The van der Waals surface area contributed by atoms with Gasteiger partial charge in [-0.05, 0) is 36.4 Å². The molecule has 0 saturated carbocycles. The van der Waals surface area contributed by atoms with Crippen molar-refractivity contribution >= 4 is 11.6 Å². The fourth-order valence-corrected chi connectivity index (χ4v) is 2.24. The van der Waals surface area contributed by atoms with E-state index in [2.05, 4.69) is 20.4 Å². The second-order valence-corrected chi connectivity index (χ2v) is 4.85. The highest BCUT2D eigenvalue weighted by Crippen LogP contribution is 2.14. The molecule has 7 heteroatoms. The maximum Gasteiger partial charge on any atom is 0.250 e. The molecule has 0 aliphatic rings. The number of rotatable bonds is 5. The lowest BCUT2D eigenvalue weighted by atomic mass is 10.3. The number of hydrogen-bond donors (Lipinski definition) is 0. The van der Waals surface area contributed by atoms with Crippen LogP contribution in [-0.2, 0) is 11.3 Å². The Kier molecular flexibility index (Phi) is 4.37. The highest BCUT2D eigenvalue weighted by Gasteiger charge is 2.16. The predicted molar refractivity (Wildman–Crippen MR) is 85.5 cm³/mol. The number of likely N-dealkylation sites (N-methyl/N-ethyl adjacent to an activating group) is 1. The van der Waals surface area contributed by atoms with Crippen LogP contribution in [-0.4, -0.2) is 37.6 Å². The van der Waals surface area contributed by atoms with Crippen molar-refractivity contribution in [2.75, 3.05) is 11.4 Å². The number of carbonyl (C=O) groups excluding carboxylic acids is 1. The third-order valence-electron chi connectivity index (χ3n) is 3.35. The van der Waals surface area contributed by atoms with Gasteiger partial charge >= 0.3 is 0 Å². The van der Waals surface area contributed by atoms with Crippen molar-refractivity contribution in [2.24, 2.45) is 0 Å². The Bertz CT molecular complexity index is 772. The lowest BCUT2D eigenvalue weighted by Gasteiger charge is -2.20. The van der Waals surface area contributed by atoms with Crippen molar-refractivity contribution < 1.29 is 4.79 Å². The van der Waals surface area contributed by atoms with E-state index in [1.54, 1.807) is 29.4 Å². The summed E-state index contributed by atoms with van der Waals surface area (Å²) in [7, 11) is 0. The average Bonchev–Trinajstić information content (AvgIpc) is 3.06. The molecule has 0 bridgehead atoms. The minimum absolute atomic E-state index is 0.0425. The van der Waals surface area contributed by atoms with Crippen LogP contribution in [0.4, 0.5) is 5.69 Å². The highest BCUT2D eigenvalue weighted by molar-refractivity contribution is 5.92. The summed E-state index contributed by atoms with van der Waals surface area (Å²) in [4.78, 5) is 19.4. The largest absolute Gasteiger partial charge is 0.311 e. The molecule has 0 spiro atoms. The van der Waals surface area contributed by atoms with E-state index < -0.39 is 0 Å². The van der Waals surface area contributed by atoms with Gasteiger partial charge in [-0.1, -0.05) is 18.2 Å². The maximum atomic E-state index is 12.5. The van der Waals surface area contributed by atoms with Crippen LogP contribution >= 0.6 is 0 Å². The lowest BCUT2D eigenvalue weighted by Crippen LogP contribution is -2.34. The quantitative estimate of drug-likeness (QED) is 0.718. The van der Waals surface area contributed by atoms with Crippen LogP contribution < -0.4 is 4.90 Å². The molecule has 0 saturated heterocycles. The van der Waals surface area contributed by atoms with Gasteiger partial charge in [0, 0.05) is 30.2 Å². The summed E-state index contributed by atoms with van der Waals surface area (Å²) < 4.78 is 0. The van der Waals surface area contributed by atoms with E-state index in [4.69, 9.17) is 0 Å². The molecule has 2 aromatic heterocycles. The van der Waals surface area contributed by atoms with Crippen molar-refractivity contribution in [1.29, 1.82) is 0 Å². The van der Waals surface area contributed by atoms with Crippen molar-refractivity contribution in [3.63, 3.8) is 0 Å². The number of para-hydroxylation sites is 1. The molecular formula is C16H16N6O. The third kappa shape index (κ3) is 3.39. The van der Waals surface area contributed by atoms with Gasteiger partial charge in [0.2, 0.25) is 5.82 Å². The van der Waals surface area contributed by atoms with E-state index in [-0.39, 0.29) is 12.5 Å². The fourth-order valence-electron chi connectivity index (χ4n) is 2.24. The molecule has 0 fully saturated rings. The standard InChI is InChI=1S/C16H16N6O/c1-2-21(14-6-4-3-5-7-14)15(23)12-22-19-16(18-20-22)13-8-10-17-11-9-13/h3-11H,2,12H2,1H3. The minimum Gasteiger partial charge on any atom is -0.311 e. The van der Waals surface area contributed by atoms with Crippen LogP contribution in [0.25, 0.3) is 11.4 Å². The average molecular weight is 308 g/mol. The minimum atomic E-state index is -0.0858. The number of nitrogens with zero attached hydrogens (tertiary/aromatic N) is 6. The number of hydrogen-bond acceptors (Lipinski definition) is 5. The summed E-state index contributed by atoms with van der Waals surface area (Å²) >= 11 is 0. The summed E-state index contributed by atoms with van der Waals surface area (Å²) in [6.07, 6.45) is 3.32. The predicted octanol–water partition coefficient (Wildman–Crippen LogP) is 1.79. The van der Waals surface area contributed by atoms with Crippen LogP contribution in [0.5, 0.6) is 0 Å². The van der Waals surface area contributed by atoms with Crippen LogP contribution in [0.2, 0.25) is 0 Å². The van der Waals surface area contributed by atoms with E-state index in [9.17, 15) is 4.79 Å². The molecule has 7 nitrogen and oxygen atoms in total. The first-order chi connectivity index (χ1) is 11.3. The van der Waals surface area contributed by atoms with Crippen molar-refractivity contribution in [3.05, 3.63) is 54.9 Å². The van der Waals surface area contributed by atoms with Crippen molar-refractivity contribution in [3.8, 4) is 11.4 Å². The molecule has 0 atom stereocenters. The number of benzene rings is 1. The van der Waals surface area contributed by atoms with Gasteiger partial charge in [0.05, 0.1) is 0 Å². The van der Waals surface area contributed by atoms with Crippen LogP contribution in [0.1, 0.15) is 6.92 Å². The van der Waals surface area contributed by atoms with Gasteiger partial charge in [0.1, 0.15) is 6.54 Å². The molecule has 0 N–H and O–H groups in total.